The van der Waals surface area contributed by atoms with Crippen LogP contribution >= 0.6 is 0 Å². The van der Waals surface area contributed by atoms with Crippen LogP contribution in [0.5, 0.6) is 0 Å². The number of anilines is 1. The van der Waals surface area contributed by atoms with E-state index in [0.29, 0.717) is 10.8 Å². The zero-order chi connectivity index (χ0) is 15.3. The van der Waals surface area contributed by atoms with E-state index in [1.165, 1.54) is 12.0 Å². The average Bonchev–Trinajstić information content (AvgIpc) is 2.65. The maximum Gasteiger partial charge on any atom is 0.267 e. The third-order valence-electron chi connectivity index (χ3n) is 6.30. The molecule has 4 saturated heterocycles. The highest BCUT2D eigenvalue weighted by Gasteiger charge is 2.68. The molecule has 0 unspecified atom stereocenters. The number of carbonyl (C=O) groups excluding carboxylic acids is 1. The Kier molecular flexibility index (Phi) is 2.12. The molecule has 5 aliphatic rings. The summed E-state index contributed by atoms with van der Waals surface area (Å²) in [7, 11) is 1.92. The molecule has 4 bridgehead atoms. The Morgan fingerprint density at radius 2 is 1.50 bits per heavy atom. The van der Waals surface area contributed by atoms with Crippen molar-refractivity contribution in [1.29, 1.82) is 0 Å². The van der Waals surface area contributed by atoms with Crippen LogP contribution in [0.4, 0.5) is 5.69 Å². The first kappa shape index (κ1) is 13.1. The zero-order valence-corrected chi connectivity index (χ0v) is 13.6. The second-order valence-corrected chi connectivity index (χ2v) is 8.56. The first-order chi connectivity index (χ1) is 10.4. The number of fused-ring (bicyclic) bond motifs is 1. The van der Waals surface area contributed by atoms with Crippen LogP contribution < -0.4 is 4.90 Å². The summed E-state index contributed by atoms with van der Waals surface area (Å²) in [5, 5.41) is 0. The third-order valence-corrected chi connectivity index (χ3v) is 6.30. The Labute approximate surface area is 131 Å². The van der Waals surface area contributed by atoms with Gasteiger partial charge in [0.25, 0.3) is 5.91 Å². The lowest BCUT2D eigenvalue weighted by Gasteiger charge is -2.69. The highest BCUT2D eigenvalue weighted by atomic mass is 16.2. The molecule has 4 fully saturated rings. The quantitative estimate of drug-likeness (QED) is 0.731. The maximum absolute atomic E-state index is 13.3. The van der Waals surface area contributed by atoms with Crippen molar-refractivity contribution >= 4 is 11.6 Å². The van der Waals surface area contributed by atoms with E-state index in [4.69, 9.17) is 0 Å². The Hall–Kier alpha value is -1.39. The number of para-hydroxylation sites is 1. The number of amides is 1. The van der Waals surface area contributed by atoms with Crippen molar-refractivity contribution in [3.8, 4) is 0 Å². The Balaban J connectivity index is 1.75. The molecule has 5 heterocycles. The number of carbonyl (C=O) groups is 1. The molecule has 116 valence electrons. The SMILES string of the molecule is CN1C(=O)C2(c3ccccc31)N1CC3(C)CN2CC(C)(C1)C3. The molecule has 1 aromatic carbocycles. The predicted octanol–water partition coefficient (Wildman–Crippen LogP) is 1.86. The summed E-state index contributed by atoms with van der Waals surface area (Å²) in [5.41, 5.74) is 2.38. The van der Waals surface area contributed by atoms with Gasteiger partial charge in [0.05, 0.1) is 5.69 Å². The van der Waals surface area contributed by atoms with Gasteiger partial charge in [-0.3, -0.25) is 14.6 Å². The summed E-state index contributed by atoms with van der Waals surface area (Å²) in [4.78, 5) is 20.1. The second-order valence-electron chi connectivity index (χ2n) is 8.56. The van der Waals surface area contributed by atoms with E-state index in [-0.39, 0.29) is 5.91 Å². The van der Waals surface area contributed by atoms with Gasteiger partial charge in [0.1, 0.15) is 0 Å². The molecule has 1 aromatic rings. The fourth-order valence-electron chi connectivity index (χ4n) is 6.10. The molecule has 0 N–H and O–H groups in total. The van der Waals surface area contributed by atoms with E-state index < -0.39 is 5.66 Å². The summed E-state index contributed by atoms with van der Waals surface area (Å²) < 4.78 is 0. The van der Waals surface area contributed by atoms with Crippen LogP contribution in [0.2, 0.25) is 0 Å². The van der Waals surface area contributed by atoms with Crippen LogP contribution in [0.3, 0.4) is 0 Å². The van der Waals surface area contributed by atoms with Crippen molar-refractivity contribution in [2.75, 3.05) is 38.1 Å². The van der Waals surface area contributed by atoms with Gasteiger partial charge in [-0.15, -0.1) is 0 Å². The Morgan fingerprint density at radius 3 is 2.09 bits per heavy atom. The highest BCUT2D eigenvalue weighted by molar-refractivity contribution is 6.07. The van der Waals surface area contributed by atoms with Crippen LogP contribution in [-0.2, 0) is 10.5 Å². The van der Waals surface area contributed by atoms with E-state index in [1.54, 1.807) is 0 Å². The van der Waals surface area contributed by atoms with E-state index in [2.05, 4.69) is 41.8 Å². The molecular weight excluding hydrogens is 274 g/mol. The second kappa shape index (κ2) is 3.57. The first-order valence-electron chi connectivity index (χ1n) is 8.26. The number of likely N-dealkylation sites (N-methyl/N-ethyl adjacent to an activating group) is 1. The minimum absolute atomic E-state index is 0.236. The smallest absolute Gasteiger partial charge is 0.267 e. The van der Waals surface area contributed by atoms with Crippen LogP contribution in [0.25, 0.3) is 0 Å². The molecule has 4 nitrogen and oxygen atoms in total. The monoisotopic (exact) mass is 297 g/mol. The summed E-state index contributed by atoms with van der Waals surface area (Å²) in [5.74, 6) is 0.236. The summed E-state index contributed by atoms with van der Waals surface area (Å²) >= 11 is 0. The summed E-state index contributed by atoms with van der Waals surface area (Å²) in [6, 6.07) is 8.34. The van der Waals surface area contributed by atoms with Crippen molar-refractivity contribution in [1.82, 2.24) is 9.80 Å². The van der Waals surface area contributed by atoms with E-state index in [9.17, 15) is 4.79 Å². The van der Waals surface area contributed by atoms with Gasteiger partial charge in [0, 0.05) is 38.8 Å². The topological polar surface area (TPSA) is 26.8 Å². The zero-order valence-electron chi connectivity index (χ0n) is 13.6. The van der Waals surface area contributed by atoms with Crippen molar-refractivity contribution < 1.29 is 4.79 Å². The van der Waals surface area contributed by atoms with Gasteiger partial charge < -0.3 is 4.90 Å². The fraction of sp³-hybridized carbons (Fsp3) is 0.611. The number of hydrogen-bond donors (Lipinski definition) is 0. The first-order valence-corrected chi connectivity index (χ1v) is 8.26. The number of nitrogens with zero attached hydrogens (tertiary/aromatic N) is 3. The van der Waals surface area contributed by atoms with Gasteiger partial charge in [-0.05, 0) is 23.3 Å². The number of rotatable bonds is 0. The molecule has 0 atom stereocenters. The molecule has 5 aliphatic heterocycles. The molecule has 1 spiro atoms. The number of piperidine rings is 2. The van der Waals surface area contributed by atoms with Crippen LogP contribution in [0, 0.1) is 10.8 Å². The summed E-state index contributed by atoms with van der Waals surface area (Å²) in [6.45, 7) is 8.93. The van der Waals surface area contributed by atoms with Crippen LogP contribution in [-0.4, -0.2) is 48.9 Å². The molecule has 0 radical (unpaired) electrons. The molecule has 4 heteroatoms. The largest absolute Gasteiger partial charge is 0.312 e. The standard InChI is InChI=1S/C18H23N3O/c1-16-8-17(2)11-20(9-16)18(21(10-16)12-17)13-6-4-5-7-14(13)19(3)15(18)22/h4-7H,8-12H2,1-3H3. The minimum Gasteiger partial charge on any atom is -0.312 e. The lowest BCUT2D eigenvalue weighted by atomic mass is 9.61. The van der Waals surface area contributed by atoms with E-state index in [1.807, 2.05) is 18.0 Å². The highest BCUT2D eigenvalue weighted by Crippen LogP contribution is 2.59. The minimum atomic E-state index is -0.537. The van der Waals surface area contributed by atoms with Crippen molar-refractivity contribution in [2.45, 2.75) is 25.9 Å². The Morgan fingerprint density at radius 1 is 0.955 bits per heavy atom. The lowest BCUT2D eigenvalue weighted by Crippen LogP contribution is -2.80. The molecule has 1 amide bonds. The Bertz CT molecular complexity index is 661. The molecule has 0 aromatic heterocycles. The van der Waals surface area contributed by atoms with E-state index in [0.717, 1.165) is 31.9 Å². The predicted molar refractivity (Wildman–Crippen MR) is 85.5 cm³/mol. The maximum atomic E-state index is 13.3. The molecule has 22 heavy (non-hydrogen) atoms. The molecule has 0 saturated carbocycles. The van der Waals surface area contributed by atoms with Crippen molar-refractivity contribution in [3.05, 3.63) is 29.8 Å². The van der Waals surface area contributed by atoms with E-state index >= 15 is 0 Å². The van der Waals surface area contributed by atoms with Gasteiger partial charge in [-0.2, -0.15) is 0 Å². The van der Waals surface area contributed by atoms with Crippen molar-refractivity contribution in [3.63, 3.8) is 0 Å². The fourth-order valence-corrected chi connectivity index (χ4v) is 6.10. The van der Waals surface area contributed by atoms with Crippen molar-refractivity contribution in [2.24, 2.45) is 10.8 Å². The van der Waals surface area contributed by atoms with Gasteiger partial charge in [-0.1, -0.05) is 32.0 Å². The van der Waals surface area contributed by atoms with Gasteiger partial charge in [0.2, 0.25) is 0 Å². The lowest BCUT2D eigenvalue weighted by molar-refractivity contribution is -0.238. The van der Waals surface area contributed by atoms with Gasteiger partial charge in [-0.25, -0.2) is 0 Å². The molecule has 6 rings (SSSR count). The van der Waals surface area contributed by atoms with Crippen LogP contribution in [0.1, 0.15) is 25.8 Å². The van der Waals surface area contributed by atoms with Gasteiger partial charge >= 0.3 is 0 Å². The summed E-state index contributed by atoms with van der Waals surface area (Å²) in [6.07, 6.45) is 1.29. The average molecular weight is 297 g/mol. The number of hydrogen-bond acceptors (Lipinski definition) is 3. The van der Waals surface area contributed by atoms with Crippen LogP contribution in [0.15, 0.2) is 24.3 Å². The molecular formula is C18H23N3O. The number of benzene rings is 1. The normalized spacial score (nSPS) is 48.3. The third kappa shape index (κ3) is 1.26. The molecule has 0 aliphatic carbocycles. The van der Waals surface area contributed by atoms with Gasteiger partial charge in [0.15, 0.2) is 5.66 Å².